The molecule has 0 aliphatic heterocycles. The van der Waals surface area contributed by atoms with Gasteiger partial charge in [-0.1, -0.05) is 28.9 Å². The SMILES string of the molecule is CCOC(=O)C(SC)=C(C)CCC=C(C)CCC=C(C)C. The highest BCUT2D eigenvalue weighted by Gasteiger charge is 2.12. The number of esters is 1. The third-order valence-electron chi connectivity index (χ3n) is 3.16. The van der Waals surface area contributed by atoms with Crippen molar-refractivity contribution in [2.75, 3.05) is 12.9 Å². The molecule has 0 heterocycles. The van der Waals surface area contributed by atoms with E-state index in [1.165, 1.54) is 22.9 Å². The molecule has 0 aromatic heterocycles. The van der Waals surface area contributed by atoms with E-state index in [2.05, 4.69) is 32.9 Å². The Bertz CT molecular complexity index is 413. The largest absolute Gasteiger partial charge is 0.462 e. The first kappa shape index (κ1) is 20.0. The van der Waals surface area contributed by atoms with E-state index in [4.69, 9.17) is 4.74 Å². The zero-order chi connectivity index (χ0) is 16.3. The predicted octanol–water partition coefficient (Wildman–Crippen LogP) is 5.66. The number of rotatable bonds is 9. The third kappa shape index (κ3) is 9.57. The summed E-state index contributed by atoms with van der Waals surface area (Å²) in [5, 5.41) is 0. The Morgan fingerprint density at radius 3 is 2.19 bits per heavy atom. The normalized spacial score (nSPS) is 12.8. The van der Waals surface area contributed by atoms with Gasteiger partial charge < -0.3 is 4.74 Å². The number of ether oxygens (including phenoxy) is 1. The van der Waals surface area contributed by atoms with E-state index in [9.17, 15) is 4.79 Å². The number of carbonyl (C=O) groups excluding carboxylic acids is 1. The van der Waals surface area contributed by atoms with Crippen molar-refractivity contribution in [3.8, 4) is 0 Å². The van der Waals surface area contributed by atoms with Crippen molar-refractivity contribution in [2.45, 2.75) is 60.3 Å². The first-order chi connectivity index (χ1) is 9.92. The van der Waals surface area contributed by atoms with Crippen molar-refractivity contribution in [3.63, 3.8) is 0 Å². The Hall–Kier alpha value is -0.960. The van der Waals surface area contributed by atoms with Crippen molar-refractivity contribution in [1.82, 2.24) is 0 Å². The summed E-state index contributed by atoms with van der Waals surface area (Å²) >= 11 is 1.48. The number of hydrogen-bond donors (Lipinski definition) is 0. The Morgan fingerprint density at radius 2 is 1.67 bits per heavy atom. The molecule has 0 saturated carbocycles. The lowest BCUT2D eigenvalue weighted by Gasteiger charge is -2.08. The van der Waals surface area contributed by atoms with Gasteiger partial charge in [-0.05, 0) is 66.6 Å². The maximum atomic E-state index is 11.8. The first-order valence-corrected chi connectivity index (χ1v) is 8.84. The number of hydrogen-bond acceptors (Lipinski definition) is 3. The zero-order valence-electron chi connectivity index (χ0n) is 14.4. The minimum absolute atomic E-state index is 0.188. The molecule has 0 unspecified atom stereocenters. The molecule has 0 aromatic rings. The average molecular weight is 311 g/mol. The molecule has 0 radical (unpaired) electrons. The first-order valence-electron chi connectivity index (χ1n) is 7.62. The molecule has 0 aliphatic rings. The van der Waals surface area contributed by atoms with Gasteiger partial charge in [0.05, 0.1) is 11.5 Å². The summed E-state index contributed by atoms with van der Waals surface area (Å²) in [5.41, 5.74) is 3.91. The zero-order valence-corrected chi connectivity index (χ0v) is 15.2. The van der Waals surface area contributed by atoms with Crippen LogP contribution in [0.3, 0.4) is 0 Å². The van der Waals surface area contributed by atoms with Crippen LogP contribution in [0.15, 0.2) is 33.8 Å². The standard InChI is InChI=1S/C18H30O2S/c1-7-20-18(19)17(21-6)16(5)13-9-12-15(4)11-8-10-14(2)3/h10,12H,7-9,11,13H2,1-6H3. The second-order valence-electron chi connectivity index (χ2n) is 5.44. The van der Waals surface area contributed by atoms with Crippen molar-refractivity contribution in [2.24, 2.45) is 0 Å². The van der Waals surface area contributed by atoms with Gasteiger partial charge in [-0.3, -0.25) is 0 Å². The lowest BCUT2D eigenvalue weighted by atomic mass is 10.1. The van der Waals surface area contributed by atoms with Gasteiger partial charge >= 0.3 is 5.97 Å². The van der Waals surface area contributed by atoms with Crippen LogP contribution in [0.25, 0.3) is 0 Å². The minimum atomic E-state index is -0.188. The second kappa shape index (κ2) is 11.7. The number of allylic oxidation sites excluding steroid dienone is 5. The highest BCUT2D eigenvalue weighted by atomic mass is 32.2. The molecular formula is C18H30O2S. The third-order valence-corrected chi connectivity index (χ3v) is 4.08. The Labute approximate surface area is 134 Å². The molecule has 120 valence electrons. The van der Waals surface area contributed by atoms with Crippen LogP contribution in [-0.2, 0) is 9.53 Å². The lowest BCUT2D eigenvalue weighted by Crippen LogP contribution is -2.07. The Morgan fingerprint density at radius 1 is 1.05 bits per heavy atom. The summed E-state index contributed by atoms with van der Waals surface area (Å²) in [6, 6.07) is 0. The molecule has 0 atom stereocenters. The van der Waals surface area contributed by atoms with Crippen molar-refractivity contribution in [3.05, 3.63) is 33.8 Å². The van der Waals surface area contributed by atoms with Gasteiger partial charge in [0.25, 0.3) is 0 Å². The molecular weight excluding hydrogens is 280 g/mol. The van der Waals surface area contributed by atoms with E-state index in [1.807, 2.05) is 20.1 Å². The molecule has 0 spiro atoms. The van der Waals surface area contributed by atoms with Gasteiger partial charge in [-0.15, -0.1) is 11.8 Å². The smallest absolute Gasteiger partial charge is 0.344 e. The highest BCUT2D eigenvalue weighted by molar-refractivity contribution is 8.03. The van der Waals surface area contributed by atoms with Crippen molar-refractivity contribution in [1.29, 1.82) is 0 Å². The number of carbonyl (C=O) groups is 1. The van der Waals surface area contributed by atoms with Crippen LogP contribution < -0.4 is 0 Å². The fourth-order valence-corrected chi connectivity index (χ4v) is 2.64. The summed E-state index contributed by atoms with van der Waals surface area (Å²) in [7, 11) is 0. The van der Waals surface area contributed by atoms with Gasteiger partial charge in [0, 0.05) is 0 Å². The van der Waals surface area contributed by atoms with Gasteiger partial charge in [-0.25, -0.2) is 4.79 Å². The lowest BCUT2D eigenvalue weighted by molar-refractivity contribution is -0.137. The van der Waals surface area contributed by atoms with Crippen LogP contribution in [0.2, 0.25) is 0 Å². The van der Waals surface area contributed by atoms with Crippen LogP contribution >= 0.6 is 11.8 Å². The second-order valence-corrected chi connectivity index (χ2v) is 6.26. The van der Waals surface area contributed by atoms with E-state index in [1.54, 1.807) is 0 Å². The molecule has 0 aliphatic carbocycles. The van der Waals surface area contributed by atoms with E-state index in [-0.39, 0.29) is 5.97 Å². The molecule has 3 heteroatoms. The van der Waals surface area contributed by atoms with Crippen molar-refractivity contribution < 1.29 is 9.53 Å². The molecule has 0 saturated heterocycles. The van der Waals surface area contributed by atoms with Gasteiger partial charge in [0.15, 0.2) is 0 Å². The monoisotopic (exact) mass is 310 g/mol. The van der Waals surface area contributed by atoms with E-state index in [0.29, 0.717) is 6.61 Å². The summed E-state index contributed by atoms with van der Waals surface area (Å²) in [5.74, 6) is -0.188. The van der Waals surface area contributed by atoms with Gasteiger partial charge in [0.2, 0.25) is 0 Å². The molecule has 0 amide bonds. The van der Waals surface area contributed by atoms with Crippen LogP contribution in [0.5, 0.6) is 0 Å². The van der Waals surface area contributed by atoms with Crippen LogP contribution in [-0.4, -0.2) is 18.8 Å². The Balaban J connectivity index is 4.41. The summed E-state index contributed by atoms with van der Waals surface area (Å²) in [6.45, 7) is 10.7. The molecule has 0 aromatic carbocycles. The van der Waals surface area contributed by atoms with Gasteiger partial charge in [-0.2, -0.15) is 0 Å². The highest BCUT2D eigenvalue weighted by Crippen LogP contribution is 2.22. The molecule has 0 fully saturated rings. The van der Waals surface area contributed by atoms with E-state index < -0.39 is 0 Å². The van der Waals surface area contributed by atoms with Crippen molar-refractivity contribution >= 4 is 17.7 Å². The fourth-order valence-electron chi connectivity index (χ4n) is 1.97. The van der Waals surface area contributed by atoms with Gasteiger partial charge in [0.1, 0.15) is 0 Å². The molecule has 0 rings (SSSR count). The molecule has 0 bridgehead atoms. The summed E-state index contributed by atoms with van der Waals surface area (Å²) in [6.07, 6.45) is 10.6. The Kier molecular flexibility index (Phi) is 11.1. The number of thioether (sulfide) groups is 1. The fraction of sp³-hybridized carbons (Fsp3) is 0.611. The molecule has 2 nitrogen and oxygen atoms in total. The minimum Gasteiger partial charge on any atom is -0.462 e. The van der Waals surface area contributed by atoms with Crippen LogP contribution in [0, 0.1) is 0 Å². The topological polar surface area (TPSA) is 26.3 Å². The molecule has 21 heavy (non-hydrogen) atoms. The van der Waals surface area contributed by atoms with Crippen LogP contribution in [0.1, 0.15) is 60.3 Å². The quantitative estimate of drug-likeness (QED) is 0.312. The average Bonchev–Trinajstić information content (AvgIpc) is 2.39. The maximum Gasteiger partial charge on any atom is 0.344 e. The summed E-state index contributed by atoms with van der Waals surface area (Å²) < 4.78 is 5.08. The maximum absolute atomic E-state index is 11.8. The predicted molar refractivity (Wildman–Crippen MR) is 94.5 cm³/mol. The summed E-state index contributed by atoms with van der Waals surface area (Å²) in [4.78, 5) is 12.6. The van der Waals surface area contributed by atoms with E-state index in [0.717, 1.165) is 36.2 Å². The molecule has 0 N–H and O–H groups in total. The van der Waals surface area contributed by atoms with Crippen LogP contribution in [0.4, 0.5) is 0 Å². The van der Waals surface area contributed by atoms with E-state index >= 15 is 0 Å².